The van der Waals surface area contributed by atoms with E-state index in [1.165, 1.54) is 28.2 Å². The van der Waals surface area contributed by atoms with Gasteiger partial charge in [0.15, 0.2) is 6.10 Å². The second-order valence-corrected chi connectivity index (χ2v) is 6.28. The van der Waals surface area contributed by atoms with E-state index >= 15 is 0 Å². The van der Waals surface area contributed by atoms with Crippen LogP contribution in [0.1, 0.15) is 39.9 Å². The van der Waals surface area contributed by atoms with Gasteiger partial charge in [0.05, 0.1) is 11.4 Å². The Hall–Kier alpha value is -1.40. The molecule has 5 nitrogen and oxygen atoms in total. The maximum Gasteiger partial charge on any atom is 0.334 e. The lowest BCUT2D eigenvalue weighted by atomic mass is 9.87. The van der Waals surface area contributed by atoms with Crippen molar-refractivity contribution in [2.75, 3.05) is 6.54 Å². The summed E-state index contributed by atoms with van der Waals surface area (Å²) in [6, 6.07) is 1.91. The molecule has 1 aromatic rings. The van der Waals surface area contributed by atoms with Crippen LogP contribution < -0.4 is 5.32 Å². The summed E-state index contributed by atoms with van der Waals surface area (Å²) in [4.78, 5) is 24.3. The summed E-state index contributed by atoms with van der Waals surface area (Å²) in [5, 5.41) is 20.2. The van der Waals surface area contributed by atoms with Crippen molar-refractivity contribution < 1.29 is 19.8 Å². The van der Waals surface area contributed by atoms with Gasteiger partial charge in [-0.25, -0.2) is 4.79 Å². The molecule has 1 heterocycles. The third-order valence-electron chi connectivity index (χ3n) is 3.73. The number of fused-ring (bicyclic) bond motifs is 1. The molecule has 2 atom stereocenters. The van der Waals surface area contributed by atoms with Gasteiger partial charge in [-0.15, -0.1) is 11.3 Å². The number of hydrogen-bond acceptors (Lipinski definition) is 4. The highest BCUT2D eigenvalue weighted by Gasteiger charge is 2.22. The lowest BCUT2D eigenvalue weighted by Gasteiger charge is -2.19. The van der Waals surface area contributed by atoms with Crippen molar-refractivity contribution >= 4 is 23.2 Å². The Morgan fingerprint density at radius 3 is 2.95 bits per heavy atom. The van der Waals surface area contributed by atoms with Crippen LogP contribution in [0.4, 0.5) is 0 Å². The van der Waals surface area contributed by atoms with Crippen LogP contribution >= 0.6 is 11.3 Å². The average Bonchev–Trinajstić information content (AvgIpc) is 2.86. The number of carboxylic acid groups (broad SMARTS) is 1. The van der Waals surface area contributed by atoms with Crippen molar-refractivity contribution in [3.63, 3.8) is 0 Å². The molecule has 1 aromatic heterocycles. The van der Waals surface area contributed by atoms with E-state index in [2.05, 4.69) is 12.2 Å². The summed E-state index contributed by atoms with van der Waals surface area (Å²) >= 11 is 1.47. The van der Waals surface area contributed by atoms with Crippen molar-refractivity contribution in [3.8, 4) is 0 Å². The number of aliphatic hydroxyl groups excluding tert-OH is 1. The van der Waals surface area contributed by atoms with Crippen LogP contribution in [0, 0.1) is 5.92 Å². The summed E-state index contributed by atoms with van der Waals surface area (Å²) in [5.74, 6) is -0.943. The molecule has 2 rings (SSSR count). The minimum Gasteiger partial charge on any atom is -0.479 e. The summed E-state index contributed by atoms with van der Waals surface area (Å²) in [7, 11) is 0. The number of hydrogen-bond donors (Lipinski definition) is 3. The van der Waals surface area contributed by atoms with Gasteiger partial charge >= 0.3 is 5.97 Å². The standard InChI is InChI=1S/C14H19NO4S/c1-2-8-3-4-11-9(5-8)6-12(20-11)13(17)15-7-10(16)14(18)19/h6,8,10,16H,2-5,7H2,1H3,(H,15,17)(H,18,19)/t8?,10-/m0/s1. The summed E-state index contributed by atoms with van der Waals surface area (Å²) in [6.07, 6.45) is 2.81. The predicted molar refractivity (Wildman–Crippen MR) is 76.1 cm³/mol. The van der Waals surface area contributed by atoms with E-state index in [9.17, 15) is 9.59 Å². The predicted octanol–water partition coefficient (Wildman–Crippen LogP) is 1.44. The van der Waals surface area contributed by atoms with Gasteiger partial charge < -0.3 is 15.5 Å². The number of carbonyl (C=O) groups excluding carboxylic acids is 1. The van der Waals surface area contributed by atoms with E-state index in [-0.39, 0.29) is 12.5 Å². The van der Waals surface area contributed by atoms with Gasteiger partial charge in [-0.05, 0) is 36.8 Å². The number of aryl methyl sites for hydroxylation is 1. The topological polar surface area (TPSA) is 86.6 Å². The van der Waals surface area contributed by atoms with E-state index in [0.29, 0.717) is 10.8 Å². The molecule has 1 unspecified atom stereocenters. The Morgan fingerprint density at radius 2 is 2.30 bits per heavy atom. The quantitative estimate of drug-likeness (QED) is 0.767. The largest absolute Gasteiger partial charge is 0.479 e. The maximum absolute atomic E-state index is 11.9. The van der Waals surface area contributed by atoms with Gasteiger partial charge in [0.1, 0.15) is 0 Å². The van der Waals surface area contributed by atoms with Crippen molar-refractivity contribution in [2.24, 2.45) is 5.92 Å². The van der Waals surface area contributed by atoms with Crippen LogP contribution in [0.5, 0.6) is 0 Å². The number of aliphatic carboxylic acids is 1. The fourth-order valence-electron chi connectivity index (χ4n) is 2.42. The number of rotatable bonds is 5. The molecule has 0 saturated carbocycles. The number of aliphatic hydroxyl groups is 1. The molecule has 0 fully saturated rings. The zero-order valence-electron chi connectivity index (χ0n) is 11.4. The number of carboxylic acids is 1. The highest BCUT2D eigenvalue weighted by Crippen LogP contribution is 2.33. The lowest BCUT2D eigenvalue weighted by molar-refractivity contribution is -0.146. The van der Waals surface area contributed by atoms with Crippen LogP contribution in [0.2, 0.25) is 0 Å². The molecule has 20 heavy (non-hydrogen) atoms. The van der Waals surface area contributed by atoms with Gasteiger partial charge in [-0.2, -0.15) is 0 Å². The first-order chi connectivity index (χ1) is 9.51. The van der Waals surface area contributed by atoms with Gasteiger partial charge in [-0.3, -0.25) is 4.79 Å². The van der Waals surface area contributed by atoms with Gasteiger partial charge in [0.2, 0.25) is 0 Å². The first kappa shape index (κ1) is 15.0. The molecule has 0 aromatic carbocycles. The second kappa shape index (κ2) is 6.37. The zero-order chi connectivity index (χ0) is 14.7. The van der Waals surface area contributed by atoms with E-state index in [4.69, 9.17) is 10.2 Å². The van der Waals surface area contributed by atoms with Crippen molar-refractivity contribution in [1.82, 2.24) is 5.32 Å². The normalized spacial score (nSPS) is 19.2. The Labute approximate surface area is 121 Å². The SMILES string of the molecule is CCC1CCc2sc(C(=O)NC[C@H](O)C(=O)O)cc2C1. The van der Waals surface area contributed by atoms with Crippen LogP contribution in [-0.4, -0.2) is 34.7 Å². The third kappa shape index (κ3) is 3.37. The molecular formula is C14H19NO4S. The monoisotopic (exact) mass is 297 g/mol. The molecule has 0 radical (unpaired) electrons. The first-order valence-corrected chi connectivity index (χ1v) is 7.63. The van der Waals surface area contributed by atoms with Crippen molar-refractivity contribution in [3.05, 3.63) is 21.4 Å². The van der Waals surface area contributed by atoms with E-state index in [0.717, 1.165) is 19.3 Å². The second-order valence-electron chi connectivity index (χ2n) is 5.14. The number of thiophene rings is 1. The molecule has 0 saturated heterocycles. The van der Waals surface area contributed by atoms with Crippen LogP contribution in [0.3, 0.4) is 0 Å². The molecule has 6 heteroatoms. The molecule has 1 aliphatic rings. The highest BCUT2D eigenvalue weighted by molar-refractivity contribution is 7.14. The van der Waals surface area contributed by atoms with E-state index in [1.807, 2.05) is 6.07 Å². The van der Waals surface area contributed by atoms with E-state index < -0.39 is 12.1 Å². The summed E-state index contributed by atoms with van der Waals surface area (Å²) in [5.41, 5.74) is 1.25. The smallest absolute Gasteiger partial charge is 0.334 e. The number of amides is 1. The van der Waals surface area contributed by atoms with Crippen molar-refractivity contribution in [2.45, 2.75) is 38.7 Å². The Balaban J connectivity index is 1.98. The van der Waals surface area contributed by atoms with Gasteiger partial charge in [0, 0.05) is 4.88 Å². The Bertz CT molecular complexity index is 511. The maximum atomic E-state index is 11.9. The van der Waals surface area contributed by atoms with Crippen LogP contribution in [-0.2, 0) is 17.6 Å². The molecule has 110 valence electrons. The molecule has 1 amide bonds. The molecule has 0 bridgehead atoms. The summed E-state index contributed by atoms with van der Waals surface area (Å²) in [6.45, 7) is 1.91. The van der Waals surface area contributed by atoms with Gasteiger partial charge in [-0.1, -0.05) is 13.3 Å². The fraction of sp³-hybridized carbons (Fsp3) is 0.571. The number of nitrogens with one attached hydrogen (secondary N) is 1. The van der Waals surface area contributed by atoms with Crippen molar-refractivity contribution in [1.29, 1.82) is 0 Å². The fourth-order valence-corrected chi connectivity index (χ4v) is 3.55. The van der Waals surface area contributed by atoms with Crippen LogP contribution in [0.15, 0.2) is 6.07 Å². The Kier molecular flexibility index (Phi) is 4.77. The number of carbonyl (C=O) groups is 2. The average molecular weight is 297 g/mol. The zero-order valence-corrected chi connectivity index (χ0v) is 12.2. The molecule has 0 aliphatic heterocycles. The summed E-state index contributed by atoms with van der Waals surface area (Å²) < 4.78 is 0. The first-order valence-electron chi connectivity index (χ1n) is 6.82. The Morgan fingerprint density at radius 1 is 1.55 bits per heavy atom. The van der Waals surface area contributed by atoms with E-state index in [1.54, 1.807) is 0 Å². The molecular weight excluding hydrogens is 278 g/mol. The molecule has 3 N–H and O–H groups in total. The molecule has 0 spiro atoms. The minimum absolute atomic E-state index is 0.270. The highest BCUT2D eigenvalue weighted by atomic mass is 32.1. The van der Waals surface area contributed by atoms with Crippen LogP contribution in [0.25, 0.3) is 0 Å². The lowest BCUT2D eigenvalue weighted by Crippen LogP contribution is -2.36. The molecule has 1 aliphatic carbocycles. The third-order valence-corrected chi connectivity index (χ3v) is 4.96. The van der Waals surface area contributed by atoms with Gasteiger partial charge in [0.25, 0.3) is 5.91 Å². The minimum atomic E-state index is -1.56.